The molecule has 1 aliphatic rings. The standard InChI is InChI=1S/C18H17N5O2/c1-25-18-14(7-3-9-19-18)17(24)20-13-6-2-5-12(11-13)16-22-21-15-8-4-10-23(15)16/h2-3,5-7,9,11H,4,8,10H2,1H3,(H,20,24). The smallest absolute Gasteiger partial charge is 0.261 e. The summed E-state index contributed by atoms with van der Waals surface area (Å²) in [4.78, 5) is 16.6. The summed E-state index contributed by atoms with van der Waals surface area (Å²) >= 11 is 0. The number of nitrogens with one attached hydrogen (secondary N) is 1. The Morgan fingerprint density at radius 1 is 1.24 bits per heavy atom. The molecule has 0 spiro atoms. The zero-order valence-electron chi connectivity index (χ0n) is 13.8. The van der Waals surface area contributed by atoms with Gasteiger partial charge in [-0.1, -0.05) is 12.1 Å². The van der Waals surface area contributed by atoms with E-state index in [4.69, 9.17) is 4.74 Å². The number of ether oxygens (including phenoxy) is 1. The lowest BCUT2D eigenvalue weighted by Gasteiger charge is -2.09. The Balaban J connectivity index is 1.61. The lowest BCUT2D eigenvalue weighted by Crippen LogP contribution is -2.13. The van der Waals surface area contributed by atoms with Gasteiger partial charge in [-0.3, -0.25) is 4.79 Å². The van der Waals surface area contributed by atoms with Crippen LogP contribution in [0.2, 0.25) is 0 Å². The maximum absolute atomic E-state index is 12.5. The van der Waals surface area contributed by atoms with Crippen LogP contribution in [0.15, 0.2) is 42.6 Å². The number of aryl methyl sites for hydroxylation is 1. The molecule has 4 rings (SSSR count). The van der Waals surface area contributed by atoms with Crippen molar-refractivity contribution in [2.24, 2.45) is 0 Å². The molecule has 2 aromatic heterocycles. The lowest BCUT2D eigenvalue weighted by molar-refractivity contribution is 0.102. The first-order chi connectivity index (χ1) is 12.3. The Bertz CT molecular complexity index is 935. The fourth-order valence-corrected chi connectivity index (χ4v) is 3.02. The summed E-state index contributed by atoms with van der Waals surface area (Å²) in [6.45, 7) is 0.932. The second kappa shape index (κ2) is 6.35. The number of hydrogen-bond acceptors (Lipinski definition) is 5. The van der Waals surface area contributed by atoms with Gasteiger partial charge in [0.2, 0.25) is 5.88 Å². The van der Waals surface area contributed by atoms with Gasteiger partial charge in [0.05, 0.1) is 7.11 Å². The van der Waals surface area contributed by atoms with E-state index in [9.17, 15) is 4.79 Å². The van der Waals surface area contributed by atoms with E-state index in [2.05, 4.69) is 25.1 Å². The van der Waals surface area contributed by atoms with Gasteiger partial charge in [0, 0.05) is 30.4 Å². The van der Waals surface area contributed by atoms with Gasteiger partial charge in [0.15, 0.2) is 5.82 Å². The highest BCUT2D eigenvalue weighted by atomic mass is 16.5. The van der Waals surface area contributed by atoms with E-state index < -0.39 is 0 Å². The minimum absolute atomic E-state index is 0.270. The van der Waals surface area contributed by atoms with Crippen LogP contribution in [-0.4, -0.2) is 32.8 Å². The number of carbonyl (C=O) groups is 1. The van der Waals surface area contributed by atoms with Crippen molar-refractivity contribution in [2.45, 2.75) is 19.4 Å². The third-order valence-corrected chi connectivity index (χ3v) is 4.20. The highest BCUT2D eigenvalue weighted by Gasteiger charge is 2.19. The van der Waals surface area contributed by atoms with Crippen molar-refractivity contribution in [2.75, 3.05) is 12.4 Å². The lowest BCUT2D eigenvalue weighted by atomic mass is 10.1. The molecule has 0 saturated heterocycles. The zero-order chi connectivity index (χ0) is 17.2. The third-order valence-electron chi connectivity index (χ3n) is 4.20. The van der Waals surface area contributed by atoms with Crippen molar-refractivity contribution >= 4 is 11.6 Å². The van der Waals surface area contributed by atoms with Crippen LogP contribution < -0.4 is 10.1 Å². The number of pyridine rings is 1. The fourth-order valence-electron chi connectivity index (χ4n) is 3.02. The first-order valence-electron chi connectivity index (χ1n) is 8.09. The quantitative estimate of drug-likeness (QED) is 0.792. The highest BCUT2D eigenvalue weighted by molar-refractivity contribution is 6.06. The van der Waals surface area contributed by atoms with Crippen LogP contribution in [0.4, 0.5) is 5.69 Å². The number of methoxy groups -OCH3 is 1. The van der Waals surface area contributed by atoms with Crippen molar-refractivity contribution in [3.8, 4) is 17.3 Å². The molecular weight excluding hydrogens is 318 g/mol. The van der Waals surface area contributed by atoms with E-state index >= 15 is 0 Å². The normalized spacial score (nSPS) is 12.7. The van der Waals surface area contributed by atoms with Gasteiger partial charge in [0.25, 0.3) is 5.91 Å². The summed E-state index contributed by atoms with van der Waals surface area (Å²) in [7, 11) is 1.49. The molecule has 3 aromatic rings. The molecule has 0 aliphatic carbocycles. The number of rotatable bonds is 4. The second-order valence-electron chi connectivity index (χ2n) is 5.79. The van der Waals surface area contributed by atoms with Crippen molar-refractivity contribution < 1.29 is 9.53 Å². The van der Waals surface area contributed by atoms with Gasteiger partial charge in [-0.15, -0.1) is 10.2 Å². The molecule has 25 heavy (non-hydrogen) atoms. The van der Waals surface area contributed by atoms with Crippen LogP contribution in [0.25, 0.3) is 11.4 Å². The number of nitrogens with zero attached hydrogens (tertiary/aromatic N) is 4. The molecule has 1 amide bonds. The summed E-state index contributed by atoms with van der Waals surface area (Å²) in [6, 6.07) is 11.0. The van der Waals surface area contributed by atoms with Crippen LogP contribution >= 0.6 is 0 Å². The molecule has 7 nitrogen and oxygen atoms in total. The van der Waals surface area contributed by atoms with Gasteiger partial charge >= 0.3 is 0 Å². The number of amides is 1. The monoisotopic (exact) mass is 335 g/mol. The Kier molecular flexibility index (Phi) is 3.89. The average Bonchev–Trinajstić information content (AvgIpc) is 3.25. The van der Waals surface area contributed by atoms with Crippen molar-refractivity contribution in [1.82, 2.24) is 19.7 Å². The van der Waals surface area contributed by atoms with Gasteiger partial charge < -0.3 is 14.6 Å². The molecule has 0 saturated carbocycles. The van der Waals surface area contributed by atoms with E-state index in [1.165, 1.54) is 7.11 Å². The summed E-state index contributed by atoms with van der Waals surface area (Å²) in [5, 5.41) is 11.4. The Morgan fingerprint density at radius 3 is 3.04 bits per heavy atom. The maximum Gasteiger partial charge on any atom is 0.261 e. The SMILES string of the molecule is COc1ncccc1C(=O)Nc1cccc(-c2nnc3n2CCC3)c1. The highest BCUT2D eigenvalue weighted by Crippen LogP contribution is 2.26. The van der Waals surface area contributed by atoms with Gasteiger partial charge in [-0.25, -0.2) is 4.98 Å². The van der Waals surface area contributed by atoms with E-state index in [1.807, 2.05) is 24.3 Å². The minimum atomic E-state index is -0.270. The number of anilines is 1. The van der Waals surface area contributed by atoms with Crippen molar-refractivity contribution in [3.63, 3.8) is 0 Å². The Morgan fingerprint density at radius 2 is 2.16 bits per heavy atom. The first-order valence-corrected chi connectivity index (χ1v) is 8.09. The predicted octanol–water partition coefficient (Wildman–Crippen LogP) is 2.55. The summed E-state index contributed by atoms with van der Waals surface area (Å²) in [5.41, 5.74) is 2.00. The molecule has 3 heterocycles. The zero-order valence-corrected chi connectivity index (χ0v) is 13.8. The van der Waals surface area contributed by atoms with Crippen LogP contribution in [0.5, 0.6) is 5.88 Å². The largest absolute Gasteiger partial charge is 0.480 e. The molecular formula is C18H17N5O2. The number of hydrogen-bond donors (Lipinski definition) is 1. The molecule has 1 aromatic carbocycles. The third kappa shape index (κ3) is 2.84. The van der Waals surface area contributed by atoms with E-state index in [1.54, 1.807) is 18.3 Å². The average molecular weight is 335 g/mol. The number of benzene rings is 1. The van der Waals surface area contributed by atoms with Gasteiger partial charge in [0.1, 0.15) is 11.4 Å². The number of aromatic nitrogens is 4. The number of carbonyl (C=O) groups excluding carboxylic acids is 1. The van der Waals surface area contributed by atoms with Crippen LogP contribution in [0.3, 0.4) is 0 Å². The molecule has 7 heteroatoms. The Hall–Kier alpha value is -3.22. The fraction of sp³-hybridized carbons (Fsp3) is 0.222. The molecule has 1 N–H and O–H groups in total. The Labute approximate surface area is 144 Å². The predicted molar refractivity (Wildman–Crippen MR) is 92.5 cm³/mol. The van der Waals surface area contributed by atoms with Crippen LogP contribution in [0.1, 0.15) is 22.6 Å². The molecule has 0 atom stereocenters. The second-order valence-corrected chi connectivity index (χ2v) is 5.79. The first kappa shape index (κ1) is 15.3. The van der Waals surface area contributed by atoms with E-state index in [0.29, 0.717) is 17.1 Å². The maximum atomic E-state index is 12.5. The van der Waals surface area contributed by atoms with E-state index in [-0.39, 0.29) is 5.91 Å². The minimum Gasteiger partial charge on any atom is -0.480 e. The van der Waals surface area contributed by atoms with Gasteiger partial charge in [-0.05, 0) is 30.7 Å². The topological polar surface area (TPSA) is 81.9 Å². The number of fused-ring (bicyclic) bond motifs is 1. The molecule has 1 aliphatic heterocycles. The molecule has 0 fully saturated rings. The molecule has 0 unspecified atom stereocenters. The summed E-state index contributed by atoms with van der Waals surface area (Å²) < 4.78 is 7.27. The van der Waals surface area contributed by atoms with E-state index in [0.717, 1.165) is 36.6 Å². The molecule has 126 valence electrons. The van der Waals surface area contributed by atoms with Gasteiger partial charge in [-0.2, -0.15) is 0 Å². The van der Waals surface area contributed by atoms with Crippen molar-refractivity contribution in [3.05, 3.63) is 54.0 Å². The summed E-state index contributed by atoms with van der Waals surface area (Å²) in [6.07, 6.45) is 3.64. The molecule has 0 radical (unpaired) electrons. The van der Waals surface area contributed by atoms with Crippen LogP contribution in [-0.2, 0) is 13.0 Å². The molecule has 0 bridgehead atoms. The summed E-state index contributed by atoms with van der Waals surface area (Å²) in [5.74, 6) is 1.88. The van der Waals surface area contributed by atoms with Crippen molar-refractivity contribution in [1.29, 1.82) is 0 Å². The van der Waals surface area contributed by atoms with Crippen LogP contribution in [0, 0.1) is 0 Å².